The van der Waals surface area contributed by atoms with E-state index in [1.807, 2.05) is 4.90 Å². The van der Waals surface area contributed by atoms with E-state index in [9.17, 15) is 4.79 Å². The zero-order valence-corrected chi connectivity index (χ0v) is 11.4. The Hall–Kier alpha value is -0.610. The molecule has 2 saturated heterocycles. The van der Waals surface area contributed by atoms with Crippen LogP contribution in [-0.2, 0) is 4.79 Å². The van der Waals surface area contributed by atoms with Crippen LogP contribution in [0.1, 0.15) is 20.3 Å². The largest absolute Gasteiger partial charge is 0.340 e. The van der Waals surface area contributed by atoms with Gasteiger partial charge in [-0.3, -0.25) is 9.69 Å². The van der Waals surface area contributed by atoms with E-state index in [1.165, 1.54) is 0 Å². The summed E-state index contributed by atoms with van der Waals surface area (Å²) in [5.41, 5.74) is 0. The summed E-state index contributed by atoms with van der Waals surface area (Å²) in [5.74, 6) is 1.14. The summed E-state index contributed by atoms with van der Waals surface area (Å²) >= 11 is 0. The number of amides is 1. The van der Waals surface area contributed by atoms with Gasteiger partial charge in [0.05, 0.1) is 0 Å². The van der Waals surface area contributed by atoms with E-state index in [2.05, 4.69) is 30.7 Å². The molecule has 4 heteroatoms. The molecule has 17 heavy (non-hydrogen) atoms. The van der Waals surface area contributed by atoms with Crippen molar-refractivity contribution in [3.8, 4) is 0 Å². The van der Waals surface area contributed by atoms with Gasteiger partial charge in [0.15, 0.2) is 0 Å². The van der Waals surface area contributed by atoms with Crippen molar-refractivity contribution in [3.63, 3.8) is 0 Å². The van der Waals surface area contributed by atoms with Gasteiger partial charge < -0.3 is 9.80 Å². The number of piperazine rings is 1. The minimum atomic E-state index is 0.338. The Kier molecular flexibility index (Phi) is 4.05. The normalized spacial score (nSPS) is 31.4. The quantitative estimate of drug-likeness (QED) is 0.717. The molecule has 0 N–H and O–H groups in total. The molecular formula is C13H25N3O. The highest BCUT2D eigenvalue weighted by Gasteiger charge is 2.31. The lowest BCUT2D eigenvalue weighted by Crippen LogP contribution is -2.54. The van der Waals surface area contributed by atoms with Crippen molar-refractivity contribution in [3.05, 3.63) is 0 Å². The van der Waals surface area contributed by atoms with Crippen LogP contribution in [0.5, 0.6) is 0 Å². The van der Waals surface area contributed by atoms with Gasteiger partial charge in [0.2, 0.25) is 5.91 Å². The first-order chi connectivity index (χ1) is 8.08. The molecule has 0 aromatic rings. The first kappa shape index (κ1) is 12.8. The van der Waals surface area contributed by atoms with Crippen LogP contribution in [0, 0.1) is 5.92 Å². The molecule has 0 aromatic carbocycles. The molecule has 0 aliphatic carbocycles. The number of hydrogen-bond acceptors (Lipinski definition) is 3. The molecular weight excluding hydrogens is 214 g/mol. The molecule has 2 heterocycles. The van der Waals surface area contributed by atoms with E-state index in [4.69, 9.17) is 0 Å². The maximum Gasteiger partial charge on any atom is 0.223 e. The van der Waals surface area contributed by atoms with E-state index in [0.29, 0.717) is 18.4 Å². The van der Waals surface area contributed by atoms with E-state index in [1.54, 1.807) is 0 Å². The predicted molar refractivity (Wildman–Crippen MR) is 68.9 cm³/mol. The fourth-order valence-corrected chi connectivity index (χ4v) is 2.66. The Morgan fingerprint density at radius 2 is 1.82 bits per heavy atom. The lowest BCUT2D eigenvalue weighted by molar-refractivity contribution is -0.133. The molecule has 2 aliphatic heterocycles. The van der Waals surface area contributed by atoms with Gasteiger partial charge in [-0.2, -0.15) is 0 Å². The maximum absolute atomic E-state index is 12.0. The van der Waals surface area contributed by atoms with Crippen LogP contribution in [0.15, 0.2) is 0 Å². The second-order valence-corrected chi connectivity index (χ2v) is 5.65. The zero-order valence-electron chi connectivity index (χ0n) is 11.4. The van der Waals surface area contributed by atoms with Gasteiger partial charge in [0.25, 0.3) is 0 Å². The first-order valence-corrected chi connectivity index (χ1v) is 6.78. The molecule has 0 radical (unpaired) electrons. The smallest absolute Gasteiger partial charge is 0.223 e. The number of likely N-dealkylation sites (N-methyl/N-ethyl adjacent to an activating group) is 1. The van der Waals surface area contributed by atoms with Crippen molar-refractivity contribution in [2.45, 2.75) is 26.3 Å². The summed E-state index contributed by atoms with van der Waals surface area (Å²) in [6.45, 7) is 10.5. The minimum absolute atomic E-state index is 0.338. The highest BCUT2D eigenvalue weighted by Crippen LogP contribution is 2.23. The average Bonchev–Trinajstić information content (AvgIpc) is 2.34. The predicted octanol–water partition coefficient (Wildman–Crippen LogP) is 0.491. The van der Waals surface area contributed by atoms with Crippen molar-refractivity contribution in [2.75, 3.05) is 46.3 Å². The fraction of sp³-hybridized carbons (Fsp3) is 0.923. The van der Waals surface area contributed by atoms with Gasteiger partial charge in [-0.25, -0.2) is 0 Å². The molecule has 4 nitrogen and oxygen atoms in total. The zero-order chi connectivity index (χ0) is 12.4. The van der Waals surface area contributed by atoms with Crippen molar-refractivity contribution in [1.29, 1.82) is 0 Å². The average molecular weight is 239 g/mol. The van der Waals surface area contributed by atoms with Crippen LogP contribution in [0.3, 0.4) is 0 Å². The number of likely N-dealkylation sites (tertiary alicyclic amines) is 1. The number of hydrogen-bond donors (Lipinski definition) is 0. The molecule has 2 rings (SSSR count). The van der Waals surface area contributed by atoms with Crippen LogP contribution >= 0.6 is 0 Å². The number of nitrogens with zero attached hydrogens (tertiary/aromatic N) is 3. The highest BCUT2D eigenvalue weighted by atomic mass is 16.2. The van der Waals surface area contributed by atoms with Crippen molar-refractivity contribution in [1.82, 2.24) is 14.7 Å². The van der Waals surface area contributed by atoms with Crippen molar-refractivity contribution < 1.29 is 4.79 Å². The summed E-state index contributed by atoms with van der Waals surface area (Å²) < 4.78 is 0. The minimum Gasteiger partial charge on any atom is -0.340 e. The summed E-state index contributed by atoms with van der Waals surface area (Å²) in [6.07, 6.45) is 0.695. The third kappa shape index (κ3) is 2.99. The van der Waals surface area contributed by atoms with Gasteiger partial charge in [0.1, 0.15) is 0 Å². The molecule has 0 aromatic heterocycles. The Morgan fingerprint density at radius 1 is 1.18 bits per heavy atom. The molecule has 1 amide bonds. The molecule has 0 saturated carbocycles. The summed E-state index contributed by atoms with van der Waals surface area (Å²) in [4.78, 5) is 18.7. The lowest BCUT2D eigenvalue weighted by Gasteiger charge is -2.45. The number of carbonyl (C=O) groups excluding carboxylic acids is 1. The Bertz CT molecular complexity index is 274. The second kappa shape index (κ2) is 5.36. The molecule has 0 spiro atoms. The molecule has 98 valence electrons. The molecule has 2 fully saturated rings. The first-order valence-electron chi connectivity index (χ1n) is 6.78. The van der Waals surface area contributed by atoms with E-state index in [0.717, 1.165) is 45.2 Å². The number of rotatable bonds is 3. The Morgan fingerprint density at radius 3 is 2.35 bits per heavy atom. The Labute approximate surface area is 105 Å². The third-order valence-corrected chi connectivity index (χ3v) is 4.39. The van der Waals surface area contributed by atoms with E-state index < -0.39 is 0 Å². The van der Waals surface area contributed by atoms with Crippen molar-refractivity contribution in [2.24, 2.45) is 5.92 Å². The van der Waals surface area contributed by atoms with Gasteiger partial charge in [-0.15, -0.1) is 0 Å². The second-order valence-electron chi connectivity index (χ2n) is 5.65. The van der Waals surface area contributed by atoms with Gasteiger partial charge in [-0.05, 0) is 19.9 Å². The SMILES string of the molecule is C[C@@H]1[C@@H](C)CN1CCC(=O)N1CCN(C)CC1. The van der Waals surface area contributed by atoms with E-state index in [-0.39, 0.29) is 0 Å². The molecule has 0 unspecified atom stereocenters. The lowest BCUT2D eigenvalue weighted by atomic mass is 9.92. The fourth-order valence-electron chi connectivity index (χ4n) is 2.66. The summed E-state index contributed by atoms with van der Waals surface area (Å²) in [6, 6.07) is 0.662. The third-order valence-electron chi connectivity index (χ3n) is 4.39. The van der Waals surface area contributed by atoms with Crippen LogP contribution in [0.4, 0.5) is 0 Å². The Balaban J connectivity index is 1.67. The van der Waals surface area contributed by atoms with Crippen LogP contribution in [0.2, 0.25) is 0 Å². The number of carbonyl (C=O) groups is 1. The monoisotopic (exact) mass is 239 g/mol. The standard InChI is InChI=1S/C13H25N3O/c1-11-10-16(12(11)2)5-4-13(17)15-8-6-14(3)7-9-15/h11-12H,4-10H2,1-3H3/t11-,12+/m0/s1. The molecule has 2 aliphatic rings. The topological polar surface area (TPSA) is 26.8 Å². The molecule has 0 bridgehead atoms. The van der Waals surface area contributed by atoms with E-state index >= 15 is 0 Å². The summed E-state index contributed by atoms with van der Waals surface area (Å²) in [5, 5.41) is 0. The summed E-state index contributed by atoms with van der Waals surface area (Å²) in [7, 11) is 2.12. The maximum atomic E-state index is 12.0. The van der Waals surface area contributed by atoms with Crippen LogP contribution in [-0.4, -0.2) is 73.0 Å². The van der Waals surface area contributed by atoms with Crippen LogP contribution < -0.4 is 0 Å². The van der Waals surface area contributed by atoms with Crippen LogP contribution in [0.25, 0.3) is 0 Å². The van der Waals surface area contributed by atoms with Crippen molar-refractivity contribution >= 4 is 5.91 Å². The highest BCUT2D eigenvalue weighted by molar-refractivity contribution is 5.76. The van der Waals surface area contributed by atoms with Gasteiger partial charge in [0, 0.05) is 51.7 Å². The van der Waals surface area contributed by atoms with Gasteiger partial charge in [-0.1, -0.05) is 6.92 Å². The molecule has 2 atom stereocenters. The van der Waals surface area contributed by atoms with Gasteiger partial charge >= 0.3 is 0 Å².